The first kappa shape index (κ1) is 10.2. The van der Waals surface area contributed by atoms with Crippen LogP contribution in [-0.4, -0.2) is 19.1 Å². The third-order valence-corrected chi connectivity index (χ3v) is 2.83. The van der Waals surface area contributed by atoms with Crippen molar-refractivity contribution in [2.24, 2.45) is 5.73 Å². The topological polar surface area (TPSA) is 29.3 Å². The summed E-state index contributed by atoms with van der Waals surface area (Å²) in [6.07, 6.45) is 5.26. The second-order valence-electron chi connectivity index (χ2n) is 4.07. The van der Waals surface area contributed by atoms with Gasteiger partial charge in [0.1, 0.15) is 0 Å². The molecule has 0 bridgehead atoms. The van der Waals surface area contributed by atoms with Crippen LogP contribution >= 0.6 is 0 Å². The summed E-state index contributed by atoms with van der Waals surface area (Å²) in [5, 5.41) is 0. The zero-order chi connectivity index (χ0) is 10.7. The van der Waals surface area contributed by atoms with Gasteiger partial charge >= 0.3 is 0 Å². The SMILES string of the molecule is CC=CCN1CC(N)Cc2ccccc21. The van der Waals surface area contributed by atoms with E-state index in [0.717, 1.165) is 19.5 Å². The Kier molecular flexibility index (Phi) is 3.07. The zero-order valence-corrected chi connectivity index (χ0v) is 9.19. The van der Waals surface area contributed by atoms with Gasteiger partial charge in [0.25, 0.3) is 0 Å². The van der Waals surface area contributed by atoms with Crippen molar-refractivity contribution in [1.82, 2.24) is 0 Å². The summed E-state index contributed by atoms with van der Waals surface area (Å²) < 4.78 is 0. The summed E-state index contributed by atoms with van der Waals surface area (Å²) in [5.74, 6) is 0. The molecule has 1 aliphatic heterocycles. The summed E-state index contributed by atoms with van der Waals surface area (Å²) in [6.45, 7) is 3.97. The first-order valence-electron chi connectivity index (χ1n) is 5.51. The lowest BCUT2D eigenvalue weighted by Crippen LogP contribution is -2.43. The minimum absolute atomic E-state index is 0.269. The second-order valence-corrected chi connectivity index (χ2v) is 4.07. The van der Waals surface area contributed by atoms with Crippen LogP contribution in [0.5, 0.6) is 0 Å². The highest BCUT2D eigenvalue weighted by Gasteiger charge is 2.20. The molecule has 0 saturated heterocycles. The van der Waals surface area contributed by atoms with Crippen molar-refractivity contribution in [2.45, 2.75) is 19.4 Å². The van der Waals surface area contributed by atoms with Crippen LogP contribution in [0.4, 0.5) is 5.69 Å². The van der Waals surface area contributed by atoms with Gasteiger partial charge in [-0.1, -0.05) is 30.4 Å². The maximum Gasteiger partial charge on any atom is 0.0402 e. The summed E-state index contributed by atoms with van der Waals surface area (Å²) >= 11 is 0. The van der Waals surface area contributed by atoms with Crippen LogP contribution in [0.1, 0.15) is 12.5 Å². The van der Waals surface area contributed by atoms with E-state index in [0.29, 0.717) is 0 Å². The van der Waals surface area contributed by atoms with Crippen LogP contribution in [0.15, 0.2) is 36.4 Å². The lowest BCUT2D eigenvalue weighted by atomic mass is 9.98. The lowest BCUT2D eigenvalue weighted by molar-refractivity contribution is 0.616. The van der Waals surface area contributed by atoms with E-state index < -0.39 is 0 Å². The number of nitrogens with two attached hydrogens (primary N) is 1. The van der Waals surface area contributed by atoms with E-state index in [4.69, 9.17) is 5.73 Å². The maximum absolute atomic E-state index is 6.05. The van der Waals surface area contributed by atoms with Gasteiger partial charge in [-0.25, -0.2) is 0 Å². The molecule has 0 aromatic heterocycles. The highest BCUT2D eigenvalue weighted by atomic mass is 15.1. The minimum Gasteiger partial charge on any atom is -0.366 e. The van der Waals surface area contributed by atoms with E-state index >= 15 is 0 Å². The molecule has 0 aliphatic carbocycles. The molecular weight excluding hydrogens is 184 g/mol. The highest BCUT2D eigenvalue weighted by Crippen LogP contribution is 2.25. The first-order chi connectivity index (χ1) is 7.31. The number of hydrogen-bond donors (Lipinski definition) is 1. The van der Waals surface area contributed by atoms with Crippen LogP contribution in [0.25, 0.3) is 0 Å². The van der Waals surface area contributed by atoms with Crippen LogP contribution in [0.3, 0.4) is 0 Å². The number of para-hydroxylation sites is 1. The Morgan fingerprint density at radius 2 is 2.27 bits per heavy atom. The molecule has 0 spiro atoms. The fourth-order valence-electron chi connectivity index (χ4n) is 2.13. The van der Waals surface area contributed by atoms with E-state index in [9.17, 15) is 0 Å². The number of fused-ring (bicyclic) bond motifs is 1. The average molecular weight is 202 g/mol. The summed E-state index contributed by atoms with van der Waals surface area (Å²) in [6, 6.07) is 8.82. The predicted molar refractivity (Wildman–Crippen MR) is 65.1 cm³/mol. The van der Waals surface area contributed by atoms with Crippen molar-refractivity contribution >= 4 is 5.69 Å². The molecule has 1 aromatic carbocycles. The van der Waals surface area contributed by atoms with E-state index in [1.807, 2.05) is 0 Å². The maximum atomic E-state index is 6.05. The van der Waals surface area contributed by atoms with E-state index in [2.05, 4.69) is 48.2 Å². The Bertz CT molecular complexity index is 357. The summed E-state index contributed by atoms with van der Waals surface area (Å²) in [4.78, 5) is 2.35. The molecule has 0 saturated carbocycles. The smallest absolute Gasteiger partial charge is 0.0402 e. The van der Waals surface area contributed by atoms with Crippen molar-refractivity contribution in [1.29, 1.82) is 0 Å². The normalized spacial score (nSPS) is 20.7. The van der Waals surface area contributed by atoms with Gasteiger partial charge in [-0.15, -0.1) is 0 Å². The van der Waals surface area contributed by atoms with Crippen molar-refractivity contribution in [3.63, 3.8) is 0 Å². The molecule has 1 aliphatic rings. The van der Waals surface area contributed by atoms with E-state index in [1.54, 1.807) is 0 Å². The standard InChI is InChI=1S/C13H18N2/c1-2-3-8-15-10-12(14)9-11-6-4-5-7-13(11)15/h2-7,12H,8-10,14H2,1H3. The van der Waals surface area contributed by atoms with E-state index in [-0.39, 0.29) is 6.04 Å². The number of nitrogens with zero attached hydrogens (tertiary/aromatic N) is 1. The Balaban J connectivity index is 2.25. The van der Waals surface area contributed by atoms with Gasteiger partial charge in [-0.2, -0.15) is 0 Å². The molecule has 0 amide bonds. The van der Waals surface area contributed by atoms with E-state index in [1.165, 1.54) is 11.3 Å². The quantitative estimate of drug-likeness (QED) is 0.743. The summed E-state index contributed by atoms with van der Waals surface area (Å²) in [5.41, 5.74) is 8.77. The third kappa shape index (κ3) is 2.21. The number of anilines is 1. The van der Waals surface area contributed by atoms with Crippen LogP contribution in [0, 0.1) is 0 Å². The molecule has 0 radical (unpaired) electrons. The van der Waals surface area contributed by atoms with Gasteiger partial charge in [0.05, 0.1) is 0 Å². The number of hydrogen-bond acceptors (Lipinski definition) is 2. The van der Waals surface area contributed by atoms with Gasteiger partial charge in [0, 0.05) is 24.8 Å². The Labute approximate surface area is 91.4 Å². The summed E-state index contributed by atoms with van der Waals surface area (Å²) in [7, 11) is 0. The van der Waals surface area contributed by atoms with Crippen molar-refractivity contribution in [2.75, 3.05) is 18.0 Å². The largest absolute Gasteiger partial charge is 0.366 e. The van der Waals surface area contributed by atoms with Crippen molar-refractivity contribution in [3.05, 3.63) is 42.0 Å². The molecule has 80 valence electrons. The zero-order valence-electron chi connectivity index (χ0n) is 9.19. The molecular formula is C13H18N2. The van der Waals surface area contributed by atoms with Gasteiger partial charge in [-0.3, -0.25) is 0 Å². The van der Waals surface area contributed by atoms with Crippen LogP contribution < -0.4 is 10.6 Å². The van der Waals surface area contributed by atoms with Crippen molar-refractivity contribution < 1.29 is 0 Å². The average Bonchev–Trinajstić information content (AvgIpc) is 2.25. The predicted octanol–water partition coefficient (Wildman–Crippen LogP) is 1.95. The second kappa shape index (κ2) is 4.49. The Morgan fingerprint density at radius 1 is 1.47 bits per heavy atom. The highest BCUT2D eigenvalue weighted by molar-refractivity contribution is 5.56. The number of rotatable bonds is 2. The number of benzene rings is 1. The lowest BCUT2D eigenvalue weighted by Gasteiger charge is -2.33. The molecule has 0 fully saturated rings. The van der Waals surface area contributed by atoms with Gasteiger partial charge in [0.2, 0.25) is 0 Å². The molecule has 1 unspecified atom stereocenters. The Morgan fingerprint density at radius 3 is 3.07 bits per heavy atom. The molecule has 2 N–H and O–H groups in total. The molecule has 1 aromatic rings. The van der Waals surface area contributed by atoms with Gasteiger partial charge < -0.3 is 10.6 Å². The van der Waals surface area contributed by atoms with Crippen LogP contribution in [-0.2, 0) is 6.42 Å². The first-order valence-corrected chi connectivity index (χ1v) is 5.51. The number of allylic oxidation sites excluding steroid dienone is 1. The fourth-order valence-corrected chi connectivity index (χ4v) is 2.13. The van der Waals surface area contributed by atoms with Gasteiger partial charge in [0.15, 0.2) is 0 Å². The molecule has 1 heterocycles. The third-order valence-electron chi connectivity index (χ3n) is 2.83. The monoisotopic (exact) mass is 202 g/mol. The minimum atomic E-state index is 0.269. The van der Waals surface area contributed by atoms with Crippen molar-refractivity contribution in [3.8, 4) is 0 Å². The van der Waals surface area contributed by atoms with Crippen LogP contribution in [0.2, 0.25) is 0 Å². The molecule has 2 rings (SSSR count). The molecule has 2 nitrogen and oxygen atoms in total. The Hall–Kier alpha value is -1.28. The molecule has 1 atom stereocenters. The molecule has 15 heavy (non-hydrogen) atoms. The van der Waals surface area contributed by atoms with Gasteiger partial charge in [-0.05, 0) is 25.0 Å². The molecule has 2 heteroatoms. The fraction of sp³-hybridized carbons (Fsp3) is 0.385.